The lowest BCUT2D eigenvalue weighted by atomic mass is 10.1. The summed E-state index contributed by atoms with van der Waals surface area (Å²) in [6.07, 6.45) is -1.75. The fourth-order valence-corrected chi connectivity index (χ4v) is 2.01. The van der Waals surface area contributed by atoms with Gasteiger partial charge < -0.3 is 9.47 Å². The van der Waals surface area contributed by atoms with Crippen molar-refractivity contribution in [1.82, 2.24) is 0 Å². The molecule has 1 rings (SSSR count). The van der Waals surface area contributed by atoms with E-state index in [-0.39, 0.29) is 0 Å². The third-order valence-electron chi connectivity index (χ3n) is 2.96. The summed E-state index contributed by atoms with van der Waals surface area (Å²) in [6, 6.07) is 0. The Morgan fingerprint density at radius 3 is 2.18 bits per heavy atom. The van der Waals surface area contributed by atoms with Crippen molar-refractivity contribution in [3.8, 4) is 0 Å². The molecule has 0 aromatic rings. The van der Waals surface area contributed by atoms with Crippen LogP contribution in [0.25, 0.3) is 0 Å². The molecule has 0 unspecified atom stereocenters. The smallest absolute Gasteiger partial charge is 0.347 e. The van der Waals surface area contributed by atoms with Crippen LogP contribution in [0.1, 0.15) is 52.4 Å². The van der Waals surface area contributed by atoms with E-state index in [4.69, 9.17) is 9.47 Å². The Kier molecular flexibility index (Phi) is 5.73. The molecule has 1 aliphatic heterocycles. The topological polar surface area (TPSA) is 18.5 Å². The third-order valence-corrected chi connectivity index (χ3v) is 2.96. The van der Waals surface area contributed by atoms with Crippen LogP contribution < -0.4 is 0 Å². The van der Waals surface area contributed by atoms with E-state index in [1.807, 2.05) is 0 Å². The summed E-state index contributed by atoms with van der Waals surface area (Å²) >= 11 is 0. The summed E-state index contributed by atoms with van der Waals surface area (Å²) in [5, 5.41) is 0. The van der Waals surface area contributed by atoms with Gasteiger partial charge in [-0.1, -0.05) is 32.6 Å². The van der Waals surface area contributed by atoms with Crippen LogP contribution in [0.5, 0.6) is 0 Å². The van der Waals surface area contributed by atoms with Gasteiger partial charge in [0.15, 0.2) is 12.4 Å². The molecule has 1 heterocycles. The quantitative estimate of drug-likeness (QED) is 0.666. The molecule has 0 aliphatic carbocycles. The van der Waals surface area contributed by atoms with Crippen molar-refractivity contribution in [3.63, 3.8) is 0 Å². The minimum absolute atomic E-state index is 0.556. The second-order valence-electron chi connectivity index (χ2n) is 4.57. The normalized spacial score (nSPS) is 29.8. The fourth-order valence-electron chi connectivity index (χ4n) is 2.01. The van der Waals surface area contributed by atoms with Crippen LogP contribution in [-0.2, 0) is 9.47 Å². The maximum absolute atomic E-state index is 12.5. The molecular formula is C12H21F3O2. The van der Waals surface area contributed by atoms with Gasteiger partial charge in [-0.3, -0.25) is 0 Å². The van der Waals surface area contributed by atoms with Crippen LogP contribution in [-0.4, -0.2) is 24.7 Å². The Bertz CT molecular complexity index is 218. The van der Waals surface area contributed by atoms with Crippen molar-refractivity contribution in [2.24, 2.45) is 0 Å². The van der Waals surface area contributed by atoms with Gasteiger partial charge in [-0.25, -0.2) is 0 Å². The molecule has 5 heteroatoms. The average molecular weight is 254 g/mol. The lowest BCUT2D eigenvalue weighted by Crippen LogP contribution is -2.35. The van der Waals surface area contributed by atoms with E-state index < -0.39 is 24.7 Å². The van der Waals surface area contributed by atoms with Gasteiger partial charge in [0, 0.05) is 0 Å². The van der Waals surface area contributed by atoms with Crippen LogP contribution in [0.3, 0.4) is 0 Å². The van der Waals surface area contributed by atoms with Crippen molar-refractivity contribution in [2.75, 3.05) is 0 Å². The highest BCUT2D eigenvalue weighted by molar-refractivity contribution is 4.80. The van der Waals surface area contributed by atoms with E-state index in [1.54, 1.807) is 0 Å². The Hall–Kier alpha value is -0.290. The highest BCUT2D eigenvalue weighted by Crippen LogP contribution is 2.34. The number of hydrogen-bond donors (Lipinski definition) is 0. The van der Waals surface area contributed by atoms with Crippen molar-refractivity contribution in [3.05, 3.63) is 0 Å². The number of alkyl halides is 3. The van der Waals surface area contributed by atoms with Gasteiger partial charge in [-0.15, -0.1) is 0 Å². The van der Waals surface area contributed by atoms with Gasteiger partial charge in [0.1, 0.15) is 0 Å². The predicted octanol–water partition coefficient (Wildman–Crippen LogP) is 4.04. The van der Waals surface area contributed by atoms with Crippen LogP contribution in [0.4, 0.5) is 13.2 Å². The van der Waals surface area contributed by atoms with Crippen molar-refractivity contribution in [1.29, 1.82) is 0 Å². The van der Waals surface area contributed by atoms with E-state index in [0.29, 0.717) is 6.42 Å². The predicted molar refractivity (Wildman–Crippen MR) is 58.6 cm³/mol. The Morgan fingerprint density at radius 2 is 1.65 bits per heavy atom. The fraction of sp³-hybridized carbons (Fsp3) is 1.00. The second-order valence-corrected chi connectivity index (χ2v) is 4.57. The van der Waals surface area contributed by atoms with Gasteiger partial charge in [0.05, 0.1) is 6.10 Å². The van der Waals surface area contributed by atoms with Gasteiger partial charge in [-0.2, -0.15) is 13.2 Å². The first-order chi connectivity index (χ1) is 7.95. The molecule has 0 saturated carbocycles. The molecule has 2 nitrogen and oxygen atoms in total. The van der Waals surface area contributed by atoms with Crippen molar-refractivity contribution in [2.45, 2.75) is 77.0 Å². The standard InChI is InChI=1S/C12H21F3O2/c1-3-4-5-6-7-8-10-16-9(2)11(17-10)12(13,14)15/h9-11H,3-8H2,1-2H3/t9-,10-,11-/m0/s1. The van der Waals surface area contributed by atoms with E-state index in [1.165, 1.54) is 13.3 Å². The molecule has 0 amide bonds. The van der Waals surface area contributed by atoms with Crippen molar-refractivity contribution < 1.29 is 22.6 Å². The molecule has 0 spiro atoms. The Labute approximate surface area is 100 Å². The summed E-state index contributed by atoms with van der Waals surface area (Å²) in [4.78, 5) is 0. The molecule has 0 aromatic heterocycles. The number of halogens is 3. The first-order valence-electron chi connectivity index (χ1n) is 6.32. The zero-order chi connectivity index (χ0) is 12.9. The molecule has 1 aliphatic rings. The molecule has 1 saturated heterocycles. The van der Waals surface area contributed by atoms with E-state index in [9.17, 15) is 13.2 Å². The van der Waals surface area contributed by atoms with Crippen LogP contribution in [0.2, 0.25) is 0 Å². The summed E-state index contributed by atoms with van der Waals surface area (Å²) in [6.45, 7) is 3.54. The van der Waals surface area contributed by atoms with Crippen molar-refractivity contribution >= 4 is 0 Å². The molecular weight excluding hydrogens is 233 g/mol. The minimum atomic E-state index is -4.32. The largest absolute Gasteiger partial charge is 0.417 e. The maximum atomic E-state index is 12.5. The first kappa shape index (κ1) is 14.8. The lowest BCUT2D eigenvalue weighted by molar-refractivity contribution is -0.218. The number of unbranched alkanes of at least 4 members (excludes halogenated alkanes) is 4. The van der Waals surface area contributed by atoms with Gasteiger partial charge in [0.25, 0.3) is 0 Å². The highest BCUT2D eigenvalue weighted by Gasteiger charge is 2.50. The van der Waals surface area contributed by atoms with Crippen LogP contribution in [0, 0.1) is 0 Å². The molecule has 0 bridgehead atoms. The SMILES string of the molecule is CCCCCCC[C@H]1O[C@@H](C)[C@@H](C(F)(F)F)O1. The molecule has 3 atom stereocenters. The van der Waals surface area contributed by atoms with Gasteiger partial charge in [-0.05, 0) is 19.8 Å². The number of rotatable bonds is 6. The molecule has 17 heavy (non-hydrogen) atoms. The third kappa shape index (κ3) is 4.84. The minimum Gasteiger partial charge on any atom is -0.347 e. The molecule has 0 N–H and O–H groups in total. The summed E-state index contributed by atoms with van der Waals surface area (Å²) in [5.41, 5.74) is 0. The maximum Gasteiger partial charge on any atom is 0.417 e. The Balaban J connectivity index is 2.20. The summed E-state index contributed by atoms with van der Waals surface area (Å²) in [7, 11) is 0. The van der Waals surface area contributed by atoms with Gasteiger partial charge in [0.2, 0.25) is 0 Å². The van der Waals surface area contributed by atoms with Gasteiger partial charge >= 0.3 is 6.18 Å². The van der Waals surface area contributed by atoms with Crippen LogP contribution in [0.15, 0.2) is 0 Å². The molecule has 0 radical (unpaired) electrons. The first-order valence-corrected chi connectivity index (χ1v) is 6.32. The van der Waals surface area contributed by atoms with E-state index in [0.717, 1.165) is 25.7 Å². The Morgan fingerprint density at radius 1 is 1.00 bits per heavy atom. The average Bonchev–Trinajstić information content (AvgIpc) is 2.59. The lowest BCUT2D eigenvalue weighted by Gasteiger charge is -2.16. The summed E-state index contributed by atoms with van der Waals surface area (Å²) < 4.78 is 47.5. The zero-order valence-electron chi connectivity index (χ0n) is 10.4. The molecule has 1 fully saturated rings. The number of ether oxygens (including phenoxy) is 2. The highest BCUT2D eigenvalue weighted by atomic mass is 19.4. The monoisotopic (exact) mass is 254 g/mol. The van der Waals surface area contributed by atoms with E-state index >= 15 is 0 Å². The molecule has 102 valence electrons. The zero-order valence-corrected chi connectivity index (χ0v) is 10.4. The molecule has 0 aromatic carbocycles. The van der Waals surface area contributed by atoms with Crippen LogP contribution >= 0.6 is 0 Å². The second kappa shape index (κ2) is 6.59. The summed E-state index contributed by atoms with van der Waals surface area (Å²) in [5.74, 6) is 0. The number of hydrogen-bond acceptors (Lipinski definition) is 2. The van der Waals surface area contributed by atoms with E-state index in [2.05, 4.69) is 6.92 Å².